The van der Waals surface area contributed by atoms with Gasteiger partial charge in [-0.1, -0.05) is 11.6 Å². The van der Waals surface area contributed by atoms with Crippen molar-refractivity contribution >= 4 is 21.6 Å². The summed E-state index contributed by atoms with van der Waals surface area (Å²) in [6.07, 6.45) is 6.50. The average molecular weight is 369 g/mol. The first kappa shape index (κ1) is 17.4. The lowest BCUT2D eigenvalue weighted by atomic mass is 10.1. The van der Waals surface area contributed by atoms with Gasteiger partial charge in [0.25, 0.3) is 0 Å². The zero-order valence-corrected chi connectivity index (χ0v) is 15.1. The first-order valence-corrected chi connectivity index (χ1v) is 10.2. The lowest BCUT2D eigenvalue weighted by Gasteiger charge is -2.32. The number of likely N-dealkylation sites (tertiary alicyclic amines) is 1. The molecule has 1 aliphatic rings. The van der Waals surface area contributed by atoms with Crippen molar-refractivity contribution in [1.29, 1.82) is 0 Å². The summed E-state index contributed by atoms with van der Waals surface area (Å²) in [5, 5.41) is 0.618. The van der Waals surface area contributed by atoms with E-state index in [4.69, 9.17) is 11.6 Å². The van der Waals surface area contributed by atoms with Crippen molar-refractivity contribution < 1.29 is 8.42 Å². The highest BCUT2D eigenvalue weighted by molar-refractivity contribution is 7.88. The molecule has 3 rings (SSSR count). The number of aromatic nitrogens is 2. The molecule has 0 atom stereocenters. The van der Waals surface area contributed by atoms with E-state index in [9.17, 15) is 8.42 Å². The molecule has 6 nitrogen and oxygen atoms in total. The van der Waals surface area contributed by atoms with Gasteiger partial charge in [0.15, 0.2) is 0 Å². The van der Waals surface area contributed by atoms with Gasteiger partial charge in [0.05, 0.1) is 11.3 Å². The number of nitrogens with one attached hydrogen (secondary N) is 1. The summed E-state index contributed by atoms with van der Waals surface area (Å²) in [6.45, 7) is 2.54. The number of hydrogen-bond donors (Lipinski definition) is 1. The summed E-state index contributed by atoms with van der Waals surface area (Å²) in [6, 6.07) is 7.85. The molecular formula is C16H21ClN4O2S. The van der Waals surface area contributed by atoms with Crippen LogP contribution >= 0.6 is 11.6 Å². The van der Waals surface area contributed by atoms with Crippen LogP contribution in [0.1, 0.15) is 18.5 Å². The fourth-order valence-electron chi connectivity index (χ4n) is 3.02. The van der Waals surface area contributed by atoms with Crippen LogP contribution in [0, 0.1) is 0 Å². The van der Waals surface area contributed by atoms with E-state index < -0.39 is 10.0 Å². The maximum Gasteiger partial charge on any atom is 0.208 e. The zero-order chi connectivity index (χ0) is 17.2. The fourth-order valence-corrected chi connectivity index (χ4v) is 3.97. The van der Waals surface area contributed by atoms with Crippen LogP contribution in [-0.2, 0) is 16.6 Å². The molecule has 24 heavy (non-hydrogen) atoms. The Morgan fingerprint density at radius 1 is 1.29 bits per heavy atom. The van der Waals surface area contributed by atoms with E-state index >= 15 is 0 Å². The van der Waals surface area contributed by atoms with Gasteiger partial charge in [-0.15, -0.1) is 0 Å². The van der Waals surface area contributed by atoms with Crippen LogP contribution in [0.15, 0.2) is 36.7 Å². The Morgan fingerprint density at radius 2 is 2.04 bits per heavy atom. The summed E-state index contributed by atoms with van der Waals surface area (Å²) >= 11 is 5.90. The lowest BCUT2D eigenvalue weighted by Crippen LogP contribution is -2.44. The monoisotopic (exact) mass is 368 g/mol. The molecule has 1 fully saturated rings. The number of sulfonamides is 1. The number of halogens is 1. The van der Waals surface area contributed by atoms with E-state index in [1.807, 2.05) is 24.4 Å². The highest BCUT2D eigenvalue weighted by Gasteiger charge is 2.22. The molecule has 130 valence electrons. The Hall–Kier alpha value is -1.41. The molecule has 0 amide bonds. The van der Waals surface area contributed by atoms with Crippen molar-refractivity contribution in [2.24, 2.45) is 0 Å². The van der Waals surface area contributed by atoms with E-state index in [2.05, 4.69) is 25.2 Å². The van der Waals surface area contributed by atoms with E-state index in [0.717, 1.165) is 44.0 Å². The van der Waals surface area contributed by atoms with Gasteiger partial charge in [-0.3, -0.25) is 4.90 Å². The molecule has 3 heterocycles. The Balaban J connectivity index is 1.62. The number of pyridine rings is 1. The van der Waals surface area contributed by atoms with Gasteiger partial charge in [-0.05, 0) is 37.1 Å². The second-order valence-electron chi connectivity index (χ2n) is 6.14. The highest BCUT2D eigenvalue weighted by Crippen LogP contribution is 2.18. The van der Waals surface area contributed by atoms with Gasteiger partial charge in [0, 0.05) is 43.8 Å². The summed E-state index contributed by atoms with van der Waals surface area (Å²) < 4.78 is 27.4. The third-order valence-corrected chi connectivity index (χ3v) is 5.13. The molecule has 2 aromatic heterocycles. The predicted octanol–water partition coefficient (Wildman–Crippen LogP) is 2.04. The largest absolute Gasteiger partial charge is 0.304 e. The first-order chi connectivity index (χ1) is 11.4. The molecule has 0 aromatic carbocycles. The molecule has 0 saturated carbocycles. The molecule has 0 unspecified atom stereocenters. The van der Waals surface area contributed by atoms with E-state index in [-0.39, 0.29) is 6.04 Å². The maximum absolute atomic E-state index is 11.3. The molecule has 2 aromatic rings. The van der Waals surface area contributed by atoms with E-state index in [1.54, 1.807) is 6.20 Å². The second kappa shape index (κ2) is 7.23. The van der Waals surface area contributed by atoms with Crippen molar-refractivity contribution in [3.63, 3.8) is 0 Å². The Labute approximate surface area is 147 Å². The molecule has 8 heteroatoms. The number of hydrogen-bond acceptors (Lipinski definition) is 4. The van der Waals surface area contributed by atoms with Crippen LogP contribution in [0.25, 0.3) is 5.82 Å². The van der Waals surface area contributed by atoms with Gasteiger partial charge in [-0.2, -0.15) is 0 Å². The third-order valence-electron chi connectivity index (χ3n) is 4.15. The smallest absolute Gasteiger partial charge is 0.208 e. The van der Waals surface area contributed by atoms with Crippen molar-refractivity contribution in [2.45, 2.75) is 25.4 Å². The van der Waals surface area contributed by atoms with Gasteiger partial charge in [0.1, 0.15) is 5.82 Å². The Morgan fingerprint density at radius 3 is 2.67 bits per heavy atom. The molecule has 1 N–H and O–H groups in total. The van der Waals surface area contributed by atoms with E-state index in [0.29, 0.717) is 5.02 Å². The Kier molecular flexibility index (Phi) is 5.24. The number of rotatable bonds is 5. The SMILES string of the molecule is CS(=O)(=O)NC1CCN(Cc2cccn2-c2ccc(Cl)cn2)CC1. The quantitative estimate of drug-likeness (QED) is 0.877. The number of nitrogens with zero attached hydrogens (tertiary/aromatic N) is 3. The molecule has 1 aliphatic heterocycles. The minimum absolute atomic E-state index is 0.0426. The Bertz CT molecular complexity index is 781. The molecule has 0 radical (unpaired) electrons. The van der Waals surface area contributed by atoms with Crippen molar-refractivity contribution in [1.82, 2.24) is 19.2 Å². The van der Waals surface area contributed by atoms with Crippen LogP contribution in [-0.4, -0.2) is 48.3 Å². The second-order valence-corrected chi connectivity index (χ2v) is 8.36. The van der Waals surface area contributed by atoms with Crippen molar-refractivity contribution in [2.75, 3.05) is 19.3 Å². The standard InChI is InChI=1S/C16H21ClN4O2S/c1-24(22,23)19-14-6-9-20(10-7-14)12-15-3-2-8-21(15)16-5-4-13(17)11-18-16/h2-5,8,11,14,19H,6-7,9-10,12H2,1H3. The van der Waals surface area contributed by atoms with Gasteiger partial charge >= 0.3 is 0 Å². The van der Waals surface area contributed by atoms with Crippen LogP contribution < -0.4 is 4.72 Å². The van der Waals surface area contributed by atoms with E-state index in [1.165, 1.54) is 6.26 Å². The van der Waals surface area contributed by atoms with Crippen LogP contribution in [0.5, 0.6) is 0 Å². The lowest BCUT2D eigenvalue weighted by molar-refractivity contribution is 0.197. The summed E-state index contributed by atoms with van der Waals surface area (Å²) in [5.74, 6) is 0.841. The molecule has 1 saturated heterocycles. The van der Waals surface area contributed by atoms with Crippen LogP contribution in [0.4, 0.5) is 0 Å². The maximum atomic E-state index is 11.3. The average Bonchev–Trinajstić information content (AvgIpc) is 2.97. The minimum atomic E-state index is -3.13. The normalized spacial score (nSPS) is 17.2. The molecule has 0 spiro atoms. The van der Waals surface area contributed by atoms with Gasteiger partial charge in [-0.25, -0.2) is 18.1 Å². The highest BCUT2D eigenvalue weighted by atomic mass is 35.5. The predicted molar refractivity (Wildman–Crippen MR) is 94.9 cm³/mol. The topological polar surface area (TPSA) is 67.2 Å². The summed E-state index contributed by atoms with van der Waals surface area (Å²) in [5.41, 5.74) is 1.15. The zero-order valence-electron chi connectivity index (χ0n) is 13.5. The first-order valence-electron chi connectivity index (χ1n) is 7.88. The summed E-state index contributed by atoms with van der Waals surface area (Å²) in [7, 11) is -3.13. The molecular weight excluding hydrogens is 348 g/mol. The number of piperidine rings is 1. The summed E-state index contributed by atoms with van der Waals surface area (Å²) in [4.78, 5) is 6.70. The minimum Gasteiger partial charge on any atom is -0.304 e. The third kappa shape index (κ3) is 4.57. The fraction of sp³-hybridized carbons (Fsp3) is 0.438. The molecule has 0 aliphatic carbocycles. The van der Waals surface area contributed by atoms with Gasteiger partial charge < -0.3 is 4.57 Å². The van der Waals surface area contributed by atoms with Crippen molar-refractivity contribution in [3.8, 4) is 5.82 Å². The van der Waals surface area contributed by atoms with Crippen molar-refractivity contribution in [3.05, 3.63) is 47.4 Å². The van der Waals surface area contributed by atoms with Gasteiger partial charge in [0.2, 0.25) is 10.0 Å². The van der Waals surface area contributed by atoms with Crippen LogP contribution in [0.2, 0.25) is 5.02 Å². The molecule has 0 bridgehead atoms. The van der Waals surface area contributed by atoms with Crippen LogP contribution in [0.3, 0.4) is 0 Å².